The SMILES string of the molecule is CCCNC(COC(C)CCC)C(=O)OCC. The number of esters is 1. The van der Waals surface area contributed by atoms with E-state index >= 15 is 0 Å². The lowest BCUT2D eigenvalue weighted by Gasteiger charge is -2.19. The Labute approximate surface area is 105 Å². The van der Waals surface area contributed by atoms with Crippen LogP contribution in [0.15, 0.2) is 0 Å². The lowest BCUT2D eigenvalue weighted by Crippen LogP contribution is -2.42. The third-order valence-electron chi connectivity index (χ3n) is 2.45. The summed E-state index contributed by atoms with van der Waals surface area (Å²) in [6.45, 7) is 9.64. The smallest absolute Gasteiger partial charge is 0.325 e. The number of hydrogen-bond donors (Lipinski definition) is 1. The van der Waals surface area contributed by atoms with Crippen molar-refractivity contribution in [3.8, 4) is 0 Å². The van der Waals surface area contributed by atoms with Gasteiger partial charge in [-0.15, -0.1) is 0 Å². The van der Waals surface area contributed by atoms with E-state index in [9.17, 15) is 4.79 Å². The molecular formula is C13H27NO3. The molecule has 17 heavy (non-hydrogen) atoms. The van der Waals surface area contributed by atoms with Crippen LogP contribution < -0.4 is 5.32 Å². The summed E-state index contributed by atoms with van der Waals surface area (Å²) in [7, 11) is 0. The van der Waals surface area contributed by atoms with Gasteiger partial charge in [-0.05, 0) is 33.2 Å². The fraction of sp³-hybridized carbons (Fsp3) is 0.923. The van der Waals surface area contributed by atoms with Gasteiger partial charge in [0.15, 0.2) is 0 Å². The molecule has 0 aliphatic carbocycles. The van der Waals surface area contributed by atoms with Gasteiger partial charge in [-0.25, -0.2) is 0 Å². The molecule has 2 unspecified atom stereocenters. The maximum atomic E-state index is 11.7. The molecule has 0 aliphatic heterocycles. The molecule has 0 bridgehead atoms. The lowest BCUT2D eigenvalue weighted by molar-refractivity contribution is -0.147. The van der Waals surface area contributed by atoms with Crippen LogP contribution in [0.2, 0.25) is 0 Å². The Morgan fingerprint density at radius 1 is 1.24 bits per heavy atom. The normalized spacial score (nSPS) is 14.4. The number of carbonyl (C=O) groups is 1. The monoisotopic (exact) mass is 245 g/mol. The molecule has 0 radical (unpaired) electrons. The molecule has 0 saturated carbocycles. The van der Waals surface area contributed by atoms with Gasteiger partial charge in [-0.1, -0.05) is 20.3 Å². The number of nitrogens with one attached hydrogen (secondary N) is 1. The number of ether oxygens (including phenoxy) is 2. The van der Waals surface area contributed by atoms with E-state index in [-0.39, 0.29) is 18.1 Å². The zero-order valence-corrected chi connectivity index (χ0v) is 11.6. The van der Waals surface area contributed by atoms with Gasteiger partial charge in [0, 0.05) is 0 Å². The maximum Gasteiger partial charge on any atom is 0.325 e. The van der Waals surface area contributed by atoms with Crippen molar-refractivity contribution in [1.82, 2.24) is 5.32 Å². The van der Waals surface area contributed by atoms with E-state index in [1.165, 1.54) is 0 Å². The van der Waals surface area contributed by atoms with E-state index in [0.717, 1.165) is 25.8 Å². The van der Waals surface area contributed by atoms with Crippen LogP contribution >= 0.6 is 0 Å². The highest BCUT2D eigenvalue weighted by Gasteiger charge is 2.19. The molecule has 0 fully saturated rings. The average Bonchev–Trinajstić information content (AvgIpc) is 2.29. The Balaban J connectivity index is 4.04. The van der Waals surface area contributed by atoms with Crippen molar-refractivity contribution in [2.45, 2.75) is 59.1 Å². The summed E-state index contributed by atoms with van der Waals surface area (Å²) >= 11 is 0. The molecule has 0 saturated heterocycles. The van der Waals surface area contributed by atoms with Gasteiger partial charge in [-0.3, -0.25) is 4.79 Å². The van der Waals surface area contributed by atoms with Crippen molar-refractivity contribution in [1.29, 1.82) is 0 Å². The first-order chi connectivity index (χ1) is 8.15. The Morgan fingerprint density at radius 3 is 2.47 bits per heavy atom. The van der Waals surface area contributed by atoms with Gasteiger partial charge in [0.25, 0.3) is 0 Å². The van der Waals surface area contributed by atoms with E-state index in [2.05, 4.69) is 19.2 Å². The summed E-state index contributed by atoms with van der Waals surface area (Å²) in [6, 6.07) is -0.339. The van der Waals surface area contributed by atoms with Crippen molar-refractivity contribution < 1.29 is 14.3 Å². The molecule has 1 N–H and O–H groups in total. The van der Waals surface area contributed by atoms with Crippen molar-refractivity contribution in [2.24, 2.45) is 0 Å². The number of hydrogen-bond acceptors (Lipinski definition) is 4. The summed E-state index contributed by atoms with van der Waals surface area (Å²) < 4.78 is 10.7. The molecule has 2 atom stereocenters. The van der Waals surface area contributed by atoms with Crippen molar-refractivity contribution in [3.63, 3.8) is 0 Å². The van der Waals surface area contributed by atoms with Crippen LogP contribution in [0.1, 0.15) is 47.0 Å². The Bertz CT molecular complexity index is 197. The van der Waals surface area contributed by atoms with Crippen LogP contribution in [0, 0.1) is 0 Å². The summed E-state index contributed by atoms with van der Waals surface area (Å²) in [5, 5.41) is 3.15. The van der Waals surface area contributed by atoms with E-state index in [1.807, 2.05) is 13.8 Å². The van der Waals surface area contributed by atoms with E-state index < -0.39 is 0 Å². The predicted octanol–water partition coefficient (Wildman–Crippen LogP) is 2.12. The lowest BCUT2D eigenvalue weighted by atomic mass is 10.2. The summed E-state index contributed by atoms with van der Waals surface area (Å²) in [4.78, 5) is 11.7. The topological polar surface area (TPSA) is 47.6 Å². The molecule has 0 aromatic rings. The summed E-state index contributed by atoms with van der Waals surface area (Å²) in [5.41, 5.74) is 0. The molecule has 4 nitrogen and oxygen atoms in total. The van der Waals surface area contributed by atoms with Gasteiger partial charge in [0.05, 0.1) is 19.3 Å². The zero-order chi connectivity index (χ0) is 13.1. The first kappa shape index (κ1) is 16.4. The van der Waals surface area contributed by atoms with E-state index in [1.54, 1.807) is 0 Å². The van der Waals surface area contributed by atoms with Gasteiger partial charge in [0.2, 0.25) is 0 Å². The maximum absolute atomic E-state index is 11.7. The van der Waals surface area contributed by atoms with Crippen LogP contribution in [-0.2, 0) is 14.3 Å². The molecule has 0 aromatic heterocycles. The molecule has 0 heterocycles. The molecule has 0 spiro atoms. The Kier molecular flexibility index (Phi) is 10.2. The van der Waals surface area contributed by atoms with Gasteiger partial charge in [0.1, 0.15) is 6.04 Å². The fourth-order valence-electron chi connectivity index (χ4n) is 1.52. The average molecular weight is 245 g/mol. The highest BCUT2D eigenvalue weighted by Crippen LogP contribution is 2.02. The summed E-state index contributed by atoms with van der Waals surface area (Å²) in [5.74, 6) is -0.218. The van der Waals surface area contributed by atoms with Crippen molar-refractivity contribution >= 4 is 5.97 Å². The molecule has 0 rings (SSSR count). The van der Waals surface area contributed by atoms with Crippen LogP contribution in [0.3, 0.4) is 0 Å². The van der Waals surface area contributed by atoms with Crippen LogP contribution in [0.4, 0.5) is 0 Å². The predicted molar refractivity (Wildman–Crippen MR) is 69.0 cm³/mol. The second kappa shape index (κ2) is 10.5. The van der Waals surface area contributed by atoms with Crippen LogP contribution in [0.5, 0.6) is 0 Å². The third kappa shape index (κ3) is 8.16. The highest BCUT2D eigenvalue weighted by atomic mass is 16.5. The van der Waals surface area contributed by atoms with E-state index in [4.69, 9.17) is 9.47 Å². The van der Waals surface area contributed by atoms with Crippen LogP contribution in [0.25, 0.3) is 0 Å². The molecule has 0 amide bonds. The van der Waals surface area contributed by atoms with Gasteiger partial charge >= 0.3 is 5.97 Å². The van der Waals surface area contributed by atoms with Crippen molar-refractivity contribution in [2.75, 3.05) is 19.8 Å². The molecule has 102 valence electrons. The first-order valence-electron chi connectivity index (χ1n) is 6.67. The largest absolute Gasteiger partial charge is 0.465 e. The highest BCUT2D eigenvalue weighted by molar-refractivity contribution is 5.75. The number of carbonyl (C=O) groups excluding carboxylic acids is 1. The zero-order valence-electron chi connectivity index (χ0n) is 11.6. The third-order valence-corrected chi connectivity index (χ3v) is 2.45. The summed E-state index contributed by atoms with van der Waals surface area (Å²) in [6.07, 6.45) is 3.29. The standard InChI is InChI=1S/C13H27NO3/c1-5-8-11(4)17-10-12(14-9-6-2)13(15)16-7-3/h11-12,14H,5-10H2,1-4H3. The van der Waals surface area contributed by atoms with Crippen LogP contribution in [-0.4, -0.2) is 37.9 Å². The molecule has 0 aliphatic rings. The first-order valence-corrected chi connectivity index (χ1v) is 6.67. The quantitative estimate of drug-likeness (QED) is 0.599. The fourth-order valence-corrected chi connectivity index (χ4v) is 1.52. The van der Waals surface area contributed by atoms with Gasteiger partial charge in [-0.2, -0.15) is 0 Å². The second-order valence-electron chi connectivity index (χ2n) is 4.19. The molecule has 4 heteroatoms. The Morgan fingerprint density at radius 2 is 1.94 bits per heavy atom. The van der Waals surface area contributed by atoms with E-state index in [0.29, 0.717) is 13.2 Å². The molecular weight excluding hydrogens is 218 g/mol. The number of rotatable bonds is 10. The second-order valence-corrected chi connectivity index (χ2v) is 4.19. The minimum absolute atomic E-state index is 0.195. The Hall–Kier alpha value is -0.610. The van der Waals surface area contributed by atoms with Gasteiger partial charge < -0.3 is 14.8 Å². The molecule has 0 aromatic carbocycles. The minimum atomic E-state index is -0.339. The minimum Gasteiger partial charge on any atom is -0.465 e. The van der Waals surface area contributed by atoms with Crippen molar-refractivity contribution in [3.05, 3.63) is 0 Å².